The molecule has 0 fully saturated rings. The van der Waals surface area contributed by atoms with E-state index in [1.807, 2.05) is 20.8 Å². The van der Waals surface area contributed by atoms with E-state index < -0.39 is 0 Å². The highest BCUT2D eigenvalue weighted by Gasteiger charge is 2.17. The number of ether oxygens (including phenoxy) is 1. The SMILES string of the molecule is CCCNc1nc(C(CC)OCC)nc(C)c1F. The van der Waals surface area contributed by atoms with Gasteiger partial charge in [-0.05, 0) is 26.7 Å². The summed E-state index contributed by atoms with van der Waals surface area (Å²) in [4.78, 5) is 8.42. The zero-order chi connectivity index (χ0) is 13.5. The number of nitrogens with zero attached hydrogens (tertiary/aromatic N) is 2. The molecule has 1 atom stereocenters. The first-order chi connectivity index (χ1) is 8.63. The van der Waals surface area contributed by atoms with Gasteiger partial charge < -0.3 is 10.1 Å². The third-order valence-corrected chi connectivity index (χ3v) is 2.60. The van der Waals surface area contributed by atoms with Gasteiger partial charge in [0.15, 0.2) is 17.5 Å². The molecule has 0 radical (unpaired) electrons. The van der Waals surface area contributed by atoms with E-state index in [-0.39, 0.29) is 17.7 Å². The number of hydrogen-bond donors (Lipinski definition) is 1. The van der Waals surface area contributed by atoms with Gasteiger partial charge in [0, 0.05) is 13.2 Å². The Labute approximate surface area is 108 Å². The lowest BCUT2D eigenvalue weighted by Crippen LogP contribution is -2.14. The first-order valence-electron chi connectivity index (χ1n) is 6.53. The van der Waals surface area contributed by atoms with E-state index in [9.17, 15) is 4.39 Å². The highest BCUT2D eigenvalue weighted by atomic mass is 19.1. The Morgan fingerprint density at radius 3 is 2.56 bits per heavy atom. The summed E-state index contributed by atoms with van der Waals surface area (Å²) in [6.07, 6.45) is 1.52. The molecule has 0 amide bonds. The molecule has 0 bridgehead atoms. The van der Waals surface area contributed by atoms with E-state index in [0.29, 0.717) is 24.7 Å². The monoisotopic (exact) mass is 255 g/mol. The van der Waals surface area contributed by atoms with Gasteiger partial charge in [0.25, 0.3) is 0 Å². The number of nitrogens with one attached hydrogen (secondary N) is 1. The molecule has 0 saturated carbocycles. The molecule has 0 saturated heterocycles. The van der Waals surface area contributed by atoms with Crippen molar-refractivity contribution in [3.05, 3.63) is 17.3 Å². The number of halogens is 1. The second-order valence-corrected chi connectivity index (χ2v) is 4.11. The molecule has 4 nitrogen and oxygen atoms in total. The predicted octanol–water partition coefficient (Wildman–Crippen LogP) is 3.23. The molecular weight excluding hydrogens is 233 g/mol. The van der Waals surface area contributed by atoms with Gasteiger partial charge in [-0.15, -0.1) is 0 Å². The van der Waals surface area contributed by atoms with Crippen LogP contribution >= 0.6 is 0 Å². The van der Waals surface area contributed by atoms with Gasteiger partial charge in [0.2, 0.25) is 0 Å². The Morgan fingerprint density at radius 2 is 2.00 bits per heavy atom. The van der Waals surface area contributed by atoms with Gasteiger partial charge in [-0.3, -0.25) is 0 Å². The summed E-state index contributed by atoms with van der Waals surface area (Å²) in [6, 6.07) is 0. The molecule has 18 heavy (non-hydrogen) atoms. The molecule has 102 valence electrons. The molecular formula is C13H22FN3O. The Kier molecular flexibility index (Phi) is 5.98. The summed E-state index contributed by atoms with van der Waals surface area (Å²) in [5.41, 5.74) is 0.358. The Morgan fingerprint density at radius 1 is 1.28 bits per heavy atom. The number of hydrogen-bond acceptors (Lipinski definition) is 4. The summed E-state index contributed by atoms with van der Waals surface area (Å²) >= 11 is 0. The molecule has 1 aromatic rings. The van der Waals surface area contributed by atoms with Crippen LogP contribution in [0.4, 0.5) is 10.2 Å². The van der Waals surface area contributed by atoms with Crippen molar-refractivity contribution in [2.24, 2.45) is 0 Å². The molecule has 0 aliphatic carbocycles. The molecule has 0 aliphatic rings. The smallest absolute Gasteiger partial charge is 0.186 e. The molecule has 1 N–H and O–H groups in total. The quantitative estimate of drug-likeness (QED) is 0.812. The van der Waals surface area contributed by atoms with E-state index in [2.05, 4.69) is 15.3 Å². The van der Waals surface area contributed by atoms with Crippen LogP contribution in [0.15, 0.2) is 0 Å². The summed E-state index contributed by atoms with van der Waals surface area (Å²) in [5.74, 6) is 0.452. The number of aromatic nitrogens is 2. The molecule has 1 heterocycles. The van der Waals surface area contributed by atoms with Gasteiger partial charge in [-0.25, -0.2) is 14.4 Å². The molecule has 1 aromatic heterocycles. The number of aryl methyl sites for hydroxylation is 1. The van der Waals surface area contributed by atoms with Crippen LogP contribution in [-0.2, 0) is 4.74 Å². The van der Waals surface area contributed by atoms with Gasteiger partial charge in [0.1, 0.15) is 6.10 Å². The fraction of sp³-hybridized carbons (Fsp3) is 0.692. The summed E-state index contributed by atoms with van der Waals surface area (Å²) < 4.78 is 19.4. The first-order valence-corrected chi connectivity index (χ1v) is 6.53. The normalized spacial score (nSPS) is 12.5. The molecule has 1 rings (SSSR count). The average Bonchev–Trinajstić information content (AvgIpc) is 2.37. The topological polar surface area (TPSA) is 47.0 Å². The standard InChI is InChI=1S/C13H22FN3O/c1-5-8-15-13-11(14)9(4)16-12(17-13)10(6-2)18-7-3/h10H,5-8H2,1-4H3,(H,15,16,17). The maximum Gasteiger partial charge on any atom is 0.186 e. The third kappa shape index (κ3) is 3.63. The van der Waals surface area contributed by atoms with Crippen molar-refractivity contribution in [1.82, 2.24) is 9.97 Å². The summed E-state index contributed by atoms with van der Waals surface area (Å²) in [5, 5.41) is 2.98. The molecule has 0 spiro atoms. The lowest BCUT2D eigenvalue weighted by Gasteiger charge is -2.16. The Hall–Kier alpha value is -1.23. The van der Waals surface area contributed by atoms with Crippen molar-refractivity contribution in [2.45, 2.75) is 46.6 Å². The average molecular weight is 255 g/mol. The van der Waals surface area contributed by atoms with Crippen LogP contribution in [0.1, 0.15) is 51.2 Å². The van der Waals surface area contributed by atoms with Crippen LogP contribution in [0.2, 0.25) is 0 Å². The largest absolute Gasteiger partial charge is 0.371 e. The van der Waals surface area contributed by atoms with Crippen molar-refractivity contribution >= 4 is 5.82 Å². The van der Waals surface area contributed by atoms with Crippen molar-refractivity contribution in [3.63, 3.8) is 0 Å². The fourth-order valence-corrected chi connectivity index (χ4v) is 1.66. The van der Waals surface area contributed by atoms with Crippen molar-refractivity contribution in [3.8, 4) is 0 Å². The second-order valence-electron chi connectivity index (χ2n) is 4.11. The first kappa shape index (κ1) is 14.8. The lowest BCUT2D eigenvalue weighted by atomic mass is 10.2. The van der Waals surface area contributed by atoms with E-state index in [4.69, 9.17) is 4.74 Å². The lowest BCUT2D eigenvalue weighted by molar-refractivity contribution is 0.0533. The highest BCUT2D eigenvalue weighted by molar-refractivity contribution is 5.38. The maximum atomic E-state index is 13.8. The fourth-order valence-electron chi connectivity index (χ4n) is 1.66. The zero-order valence-electron chi connectivity index (χ0n) is 11.6. The van der Waals surface area contributed by atoms with Gasteiger partial charge in [0.05, 0.1) is 5.69 Å². The molecule has 1 unspecified atom stereocenters. The van der Waals surface area contributed by atoms with Gasteiger partial charge in [-0.2, -0.15) is 0 Å². The molecule has 0 aliphatic heterocycles. The van der Waals surface area contributed by atoms with Crippen LogP contribution in [0, 0.1) is 12.7 Å². The third-order valence-electron chi connectivity index (χ3n) is 2.60. The maximum absolute atomic E-state index is 13.8. The van der Waals surface area contributed by atoms with Crippen molar-refractivity contribution in [1.29, 1.82) is 0 Å². The van der Waals surface area contributed by atoms with Crippen LogP contribution in [0.3, 0.4) is 0 Å². The van der Waals surface area contributed by atoms with Crippen molar-refractivity contribution in [2.75, 3.05) is 18.5 Å². The highest BCUT2D eigenvalue weighted by Crippen LogP contribution is 2.22. The second kappa shape index (κ2) is 7.26. The summed E-state index contributed by atoms with van der Waals surface area (Å²) in [7, 11) is 0. The Balaban J connectivity index is 3.01. The minimum Gasteiger partial charge on any atom is -0.371 e. The molecule has 5 heteroatoms. The summed E-state index contributed by atoms with van der Waals surface area (Å²) in [6.45, 7) is 8.89. The number of rotatable bonds is 7. The van der Waals surface area contributed by atoms with Crippen molar-refractivity contribution < 1.29 is 9.13 Å². The number of anilines is 1. The minimum atomic E-state index is -0.376. The Bertz CT molecular complexity index is 385. The van der Waals surface area contributed by atoms with Crippen LogP contribution in [0.25, 0.3) is 0 Å². The van der Waals surface area contributed by atoms with Crippen LogP contribution in [0.5, 0.6) is 0 Å². The van der Waals surface area contributed by atoms with Gasteiger partial charge >= 0.3 is 0 Å². The van der Waals surface area contributed by atoms with Crippen LogP contribution < -0.4 is 5.32 Å². The predicted molar refractivity (Wildman–Crippen MR) is 70.2 cm³/mol. The van der Waals surface area contributed by atoms with Gasteiger partial charge in [-0.1, -0.05) is 13.8 Å². The van der Waals surface area contributed by atoms with E-state index in [0.717, 1.165) is 12.8 Å². The minimum absolute atomic E-state index is 0.170. The van der Waals surface area contributed by atoms with Crippen LogP contribution in [-0.4, -0.2) is 23.1 Å². The zero-order valence-corrected chi connectivity index (χ0v) is 11.6. The van der Waals surface area contributed by atoms with E-state index in [1.165, 1.54) is 0 Å². The van der Waals surface area contributed by atoms with E-state index >= 15 is 0 Å². The molecule has 0 aromatic carbocycles. The van der Waals surface area contributed by atoms with E-state index in [1.54, 1.807) is 6.92 Å².